The molecule has 0 aromatic heterocycles. The summed E-state index contributed by atoms with van der Waals surface area (Å²) in [6.45, 7) is 1.65. The molecule has 0 radical (unpaired) electrons. The zero-order chi connectivity index (χ0) is 12.8. The van der Waals surface area contributed by atoms with Crippen LogP contribution in [0.4, 0.5) is 4.39 Å². The second kappa shape index (κ2) is 6.40. The highest BCUT2D eigenvalue weighted by molar-refractivity contribution is 6.30. The van der Waals surface area contributed by atoms with Gasteiger partial charge in [-0.15, -0.1) is 0 Å². The topological polar surface area (TPSA) is 37.3 Å². The molecule has 1 N–H and O–H groups in total. The van der Waals surface area contributed by atoms with Crippen LogP contribution in [0.2, 0.25) is 5.02 Å². The number of halogens is 2. The molecular weight excluding hydrogens is 243 g/mol. The van der Waals surface area contributed by atoms with Gasteiger partial charge in [0.15, 0.2) is 0 Å². The molecule has 0 aliphatic heterocycles. The number of allylic oxidation sites excluding steroid dienone is 1. The van der Waals surface area contributed by atoms with E-state index in [4.69, 9.17) is 16.7 Å². The van der Waals surface area contributed by atoms with Crippen LogP contribution in [0.15, 0.2) is 24.3 Å². The third kappa shape index (κ3) is 4.57. The van der Waals surface area contributed by atoms with Crippen molar-refractivity contribution in [2.45, 2.75) is 19.8 Å². The van der Waals surface area contributed by atoms with E-state index in [9.17, 15) is 9.18 Å². The van der Waals surface area contributed by atoms with E-state index in [-0.39, 0.29) is 11.7 Å². The molecule has 0 saturated carbocycles. The van der Waals surface area contributed by atoms with E-state index in [0.717, 1.165) is 0 Å². The van der Waals surface area contributed by atoms with Gasteiger partial charge in [0.25, 0.3) is 0 Å². The quantitative estimate of drug-likeness (QED) is 0.865. The zero-order valence-electron chi connectivity index (χ0n) is 9.49. The first kappa shape index (κ1) is 13.7. The SMILES string of the molecule is CC(CC/C=C/c1cc(Cl)ccc1F)C(=O)O. The Kier molecular flexibility index (Phi) is 5.16. The molecule has 1 atom stereocenters. The smallest absolute Gasteiger partial charge is 0.306 e. The number of carbonyl (C=O) groups is 1. The molecule has 4 heteroatoms. The third-order valence-electron chi connectivity index (χ3n) is 2.44. The normalized spacial score (nSPS) is 12.9. The van der Waals surface area contributed by atoms with Gasteiger partial charge in [-0.05, 0) is 31.0 Å². The van der Waals surface area contributed by atoms with Crippen LogP contribution in [0.25, 0.3) is 6.08 Å². The molecule has 0 spiro atoms. The number of hydrogen-bond acceptors (Lipinski definition) is 1. The summed E-state index contributed by atoms with van der Waals surface area (Å²) in [7, 11) is 0. The highest BCUT2D eigenvalue weighted by Crippen LogP contribution is 2.17. The maximum Gasteiger partial charge on any atom is 0.306 e. The lowest BCUT2D eigenvalue weighted by Crippen LogP contribution is -2.08. The molecule has 1 rings (SSSR count). The molecule has 0 heterocycles. The van der Waals surface area contributed by atoms with Gasteiger partial charge in [-0.25, -0.2) is 4.39 Å². The predicted molar refractivity (Wildman–Crippen MR) is 66.5 cm³/mol. The number of benzene rings is 1. The minimum Gasteiger partial charge on any atom is -0.481 e. The van der Waals surface area contributed by atoms with Crippen molar-refractivity contribution in [3.05, 3.63) is 40.7 Å². The Balaban J connectivity index is 2.54. The Morgan fingerprint density at radius 1 is 1.59 bits per heavy atom. The molecule has 0 aliphatic carbocycles. The largest absolute Gasteiger partial charge is 0.481 e. The Hall–Kier alpha value is -1.35. The van der Waals surface area contributed by atoms with Crippen LogP contribution in [0, 0.1) is 11.7 Å². The number of aliphatic carboxylic acids is 1. The molecule has 0 fully saturated rings. The van der Waals surface area contributed by atoms with E-state index in [1.165, 1.54) is 18.2 Å². The van der Waals surface area contributed by atoms with E-state index in [1.807, 2.05) is 0 Å². The average Bonchev–Trinajstić information content (AvgIpc) is 2.28. The van der Waals surface area contributed by atoms with Crippen molar-refractivity contribution in [2.24, 2.45) is 5.92 Å². The van der Waals surface area contributed by atoms with Crippen molar-refractivity contribution in [2.75, 3.05) is 0 Å². The lowest BCUT2D eigenvalue weighted by atomic mass is 10.1. The van der Waals surface area contributed by atoms with Crippen LogP contribution >= 0.6 is 11.6 Å². The Morgan fingerprint density at radius 2 is 2.29 bits per heavy atom. The monoisotopic (exact) mass is 256 g/mol. The Labute approximate surface area is 105 Å². The standard InChI is InChI=1S/C13H14ClFO2/c1-9(13(16)17)4-2-3-5-10-8-11(14)6-7-12(10)15/h3,5-9H,2,4H2,1H3,(H,16,17)/b5-3+. The second-order valence-electron chi connectivity index (χ2n) is 3.88. The van der Waals surface area contributed by atoms with Gasteiger partial charge in [-0.1, -0.05) is 30.7 Å². The molecule has 0 bridgehead atoms. The molecule has 1 unspecified atom stereocenters. The maximum atomic E-state index is 13.3. The molecule has 0 saturated heterocycles. The van der Waals surface area contributed by atoms with Crippen LogP contribution in [-0.4, -0.2) is 11.1 Å². The fourth-order valence-electron chi connectivity index (χ4n) is 1.32. The molecule has 0 amide bonds. The van der Waals surface area contributed by atoms with Gasteiger partial charge in [0.2, 0.25) is 0 Å². The first-order valence-corrected chi connectivity index (χ1v) is 5.73. The zero-order valence-corrected chi connectivity index (χ0v) is 10.2. The molecule has 0 aliphatic rings. The molecule has 17 heavy (non-hydrogen) atoms. The lowest BCUT2D eigenvalue weighted by Gasteiger charge is -2.02. The minimum absolute atomic E-state index is 0.336. The van der Waals surface area contributed by atoms with Gasteiger partial charge >= 0.3 is 5.97 Å². The highest BCUT2D eigenvalue weighted by Gasteiger charge is 2.08. The van der Waals surface area contributed by atoms with E-state index in [2.05, 4.69) is 0 Å². The summed E-state index contributed by atoms with van der Waals surface area (Å²) in [4.78, 5) is 10.6. The minimum atomic E-state index is -0.813. The van der Waals surface area contributed by atoms with E-state index in [1.54, 1.807) is 19.1 Å². The number of carboxylic acid groups (broad SMARTS) is 1. The molecule has 1 aromatic rings. The van der Waals surface area contributed by atoms with E-state index >= 15 is 0 Å². The van der Waals surface area contributed by atoms with Crippen molar-refractivity contribution in [3.63, 3.8) is 0 Å². The first-order chi connectivity index (χ1) is 8.00. The first-order valence-electron chi connectivity index (χ1n) is 5.35. The molecule has 2 nitrogen and oxygen atoms in total. The van der Waals surface area contributed by atoms with Crippen molar-refractivity contribution in [1.29, 1.82) is 0 Å². The van der Waals surface area contributed by atoms with E-state index < -0.39 is 5.97 Å². The van der Waals surface area contributed by atoms with Crippen molar-refractivity contribution >= 4 is 23.6 Å². The van der Waals surface area contributed by atoms with Gasteiger partial charge in [0.05, 0.1) is 5.92 Å². The molecular formula is C13H14ClFO2. The third-order valence-corrected chi connectivity index (χ3v) is 2.68. The van der Waals surface area contributed by atoms with Crippen LogP contribution in [0.1, 0.15) is 25.3 Å². The van der Waals surface area contributed by atoms with Crippen LogP contribution in [0.3, 0.4) is 0 Å². The van der Waals surface area contributed by atoms with Gasteiger partial charge < -0.3 is 5.11 Å². The molecule has 92 valence electrons. The average molecular weight is 257 g/mol. The van der Waals surface area contributed by atoms with Crippen molar-refractivity contribution < 1.29 is 14.3 Å². The summed E-state index contributed by atoms with van der Waals surface area (Å²) in [6.07, 6.45) is 4.51. The summed E-state index contributed by atoms with van der Waals surface area (Å²) in [6, 6.07) is 4.33. The lowest BCUT2D eigenvalue weighted by molar-refractivity contribution is -0.141. The number of carboxylic acids is 1. The summed E-state index contributed by atoms with van der Waals surface area (Å²) in [5.41, 5.74) is 0.417. The van der Waals surface area contributed by atoms with Crippen molar-refractivity contribution in [1.82, 2.24) is 0 Å². The van der Waals surface area contributed by atoms with E-state index in [0.29, 0.717) is 23.4 Å². The summed E-state index contributed by atoms with van der Waals surface area (Å²) < 4.78 is 13.3. The van der Waals surface area contributed by atoms with Gasteiger partial charge in [0, 0.05) is 10.6 Å². The van der Waals surface area contributed by atoms with Gasteiger partial charge in [-0.3, -0.25) is 4.79 Å². The fourth-order valence-corrected chi connectivity index (χ4v) is 1.50. The Morgan fingerprint density at radius 3 is 2.94 bits per heavy atom. The Bertz CT molecular complexity index is 429. The predicted octanol–water partition coefficient (Wildman–Crippen LogP) is 3.99. The summed E-state index contributed by atoms with van der Waals surface area (Å²) in [5.74, 6) is -1.53. The van der Waals surface area contributed by atoms with Crippen LogP contribution < -0.4 is 0 Å². The number of hydrogen-bond donors (Lipinski definition) is 1. The summed E-state index contributed by atoms with van der Waals surface area (Å²) >= 11 is 5.74. The van der Waals surface area contributed by atoms with Gasteiger partial charge in [-0.2, -0.15) is 0 Å². The number of rotatable bonds is 5. The fraction of sp³-hybridized carbons (Fsp3) is 0.308. The second-order valence-corrected chi connectivity index (χ2v) is 4.32. The maximum absolute atomic E-state index is 13.3. The highest BCUT2D eigenvalue weighted by atomic mass is 35.5. The van der Waals surface area contributed by atoms with Crippen molar-refractivity contribution in [3.8, 4) is 0 Å². The van der Waals surface area contributed by atoms with Gasteiger partial charge in [0.1, 0.15) is 5.82 Å². The summed E-state index contributed by atoms with van der Waals surface area (Å²) in [5, 5.41) is 9.15. The van der Waals surface area contributed by atoms with Crippen LogP contribution in [-0.2, 0) is 4.79 Å². The van der Waals surface area contributed by atoms with Crippen LogP contribution in [0.5, 0.6) is 0 Å². The molecule has 1 aromatic carbocycles.